The fourth-order valence-electron chi connectivity index (χ4n) is 2.50. The van der Waals surface area contributed by atoms with Crippen molar-refractivity contribution in [1.82, 2.24) is 14.7 Å². The van der Waals surface area contributed by atoms with Crippen LogP contribution in [-0.4, -0.2) is 76.1 Å². The molecule has 0 bridgehead atoms. The summed E-state index contributed by atoms with van der Waals surface area (Å²) in [4.78, 5) is 29.4. The van der Waals surface area contributed by atoms with Gasteiger partial charge in [-0.3, -0.25) is 9.69 Å². The lowest BCUT2D eigenvalue weighted by Gasteiger charge is -2.48. The van der Waals surface area contributed by atoms with Gasteiger partial charge in [-0.15, -0.1) is 0 Å². The van der Waals surface area contributed by atoms with Crippen molar-refractivity contribution in [2.45, 2.75) is 52.1 Å². The molecule has 0 radical (unpaired) electrons. The fraction of sp³-hybridized carbons (Fsp3) is 0.867. The predicted octanol–water partition coefficient (Wildman–Crippen LogP) is 1.71. The standard InChI is InChI=1S/C15H29N3O3/c1-14(2,3)18(8-7-12(19)20)13(21)17-10-9-16(6)15(4,5)11-17/h7-11H2,1-6H3,(H,19,20). The molecule has 0 unspecified atom stereocenters. The number of carbonyl (C=O) groups excluding carboxylic acids is 1. The van der Waals surface area contributed by atoms with Crippen LogP contribution in [0.2, 0.25) is 0 Å². The zero-order valence-corrected chi connectivity index (χ0v) is 14.1. The number of piperazine rings is 1. The van der Waals surface area contributed by atoms with Gasteiger partial charge in [0.1, 0.15) is 0 Å². The molecule has 0 atom stereocenters. The number of likely N-dealkylation sites (N-methyl/N-ethyl adjacent to an activating group) is 1. The summed E-state index contributed by atoms with van der Waals surface area (Å²) < 4.78 is 0. The van der Waals surface area contributed by atoms with Crippen molar-refractivity contribution >= 4 is 12.0 Å². The molecule has 0 aromatic rings. The Kier molecular flexibility index (Phi) is 5.25. The lowest BCUT2D eigenvalue weighted by Crippen LogP contribution is -2.62. The SMILES string of the molecule is CN1CCN(C(=O)N(CCC(=O)O)C(C)(C)C)CC1(C)C. The molecule has 1 heterocycles. The molecule has 0 aliphatic carbocycles. The molecule has 6 nitrogen and oxygen atoms in total. The summed E-state index contributed by atoms with van der Waals surface area (Å²) in [6.45, 7) is 12.5. The van der Waals surface area contributed by atoms with E-state index >= 15 is 0 Å². The van der Waals surface area contributed by atoms with Gasteiger partial charge < -0.3 is 14.9 Å². The summed E-state index contributed by atoms with van der Waals surface area (Å²) >= 11 is 0. The van der Waals surface area contributed by atoms with Crippen molar-refractivity contribution in [3.05, 3.63) is 0 Å². The Labute approximate surface area is 127 Å². The van der Waals surface area contributed by atoms with E-state index in [1.807, 2.05) is 25.7 Å². The van der Waals surface area contributed by atoms with E-state index in [2.05, 4.69) is 25.8 Å². The number of carbonyl (C=O) groups is 2. The van der Waals surface area contributed by atoms with Crippen LogP contribution in [0, 0.1) is 0 Å². The molecule has 0 aromatic carbocycles. The average Bonchev–Trinajstić information content (AvgIpc) is 2.30. The van der Waals surface area contributed by atoms with Gasteiger partial charge in [-0.2, -0.15) is 0 Å². The van der Waals surface area contributed by atoms with E-state index in [4.69, 9.17) is 5.11 Å². The molecule has 6 heteroatoms. The Morgan fingerprint density at radius 2 is 1.81 bits per heavy atom. The Hall–Kier alpha value is -1.30. The summed E-state index contributed by atoms with van der Waals surface area (Å²) in [7, 11) is 2.06. The lowest BCUT2D eigenvalue weighted by molar-refractivity contribution is -0.137. The molecular formula is C15H29N3O3. The average molecular weight is 299 g/mol. The van der Waals surface area contributed by atoms with E-state index < -0.39 is 5.97 Å². The zero-order chi connectivity index (χ0) is 16.4. The smallest absolute Gasteiger partial charge is 0.320 e. The zero-order valence-electron chi connectivity index (χ0n) is 14.1. The van der Waals surface area contributed by atoms with Gasteiger partial charge in [-0.25, -0.2) is 4.79 Å². The van der Waals surface area contributed by atoms with Crippen LogP contribution in [0.4, 0.5) is 4.79 Å². The first kappa shape index (κ1) is 17.8. The number of carboxylic acids is 1. The minimum absolute atomic E-state index is 0.0276. The molecule has 2 amide bonds. The van der Waals surface area contributed by atoms with E-state index in [9.17, 15) is 9.59 Å². The summed E-state index contributed by atoms with van der Waals surface area (Å²) in [5.74, 6) is -0.879. The third-order valence-electron chi connectivity index (χ3n) is 4.18. The molecule has 1 aliphatic rings. The highest BCUT2D eigenvalue weighted by atomic mass is 16.4. The van der Waals surface area contributed by atoms with Crippen molar-refractivity contribution < 1.29 is 14.7 Å². The highest BCUT2D eigenvalue weighted by Crippen LogP contribution is 2.23. The second-order valence-corrected chi connectivity index (χ2v) is 7.40. The molecule has 21 heavy (non-hydrogen) atoms. The second kappa shape index (κ2) is 6.22. The third-order valence-corrected chi connectivity index (χ3v) is 4.18. The number of rotatable bonds is 3. The number of aliphatic carboxylic acids is 1. The number of hydrogen-bond acceptors (Lipinski definition) is 3. The summed E-state index contributed by atoms with van der Waals surface area (Å²) in [5, 5.41) is 8.88. The van der Waals surface area contributed by atoms with E-state index in [1.165, 1.54) is 0 Å². The highest BCUT2D eigenvalue weighted by Gasteiger charge is 2.37. The Balaban J connectivity index is 2.83. The third kappa shape index (κ3) is 4.59. The number of amides is 2. The van der Waals surface area contributed by atoms with Gasteiger partial charge in [-0.05, 0) is 41.7 Å². The molecule has 1 saturated heterocycles. The summed E-state index contributed by atoms with van der Waals surface area (Å²) in [5.41, 5.74) is -0.454. The predicted molar refractivity (Wildman–Crippen MR) is 82.4 cm³/mol. The van der Waals surface area contributed by atoms with E-state index in [-0.39, 0.29) is 30.1 Å². The molecule has 1 fully saturated rings. The molecule has 1 aliphatic heterocycles. The van der Waals surface area contributed by atoms with E-state index in [1.54, 1.807) is 4.90 Å². The second-order valence-electron chi connectivity index (χ2n) is 7.40. The Bertz CT molecular complexity index is 401. The topological polar surface area (TPSA) is 64.1 Å². The summed E-state index contributed by atoms with van der Waals surface area (Å²) in [6, 6.07) is -0.0649. The quantitative estimate of drug-likeness (QED) is 0.861. The molecule has 122 valence electrons. The monoisotopic (exact) mass is 299 g/mol. The van der Waals surface area contributed by atoms with Gasteiger partial charge in [0.05, 0.1) is 6.42 Å². The first-order valence-electron chi connectivity index (χ1n) is 7.45. The molecule has 0 aromatic heterocycles. The molecule has 0 spiro atoms. The van der Waals surface area contributed by atoms with Crippen LogP contribution in [0.5, 0.6) is 0 Å². The van der Waals surface area contributed by atoms with Crippen LogP contribution in [0.1, 0.15) is 41.0 Å². The van der Waals surface area contributed by atoms with Crippen LogP contribution < -0.4 is 0 Å². The van der Waals surface area contributed by atoms with Gasteiger partial charge in [0.15, 0.2) is 0 Å². The maximum Gasteiger partial charge on any atom is 0.320 e. The normalized spacial score (nSPS) is 19.4. The number of carboxylic acid groups (broad SMARTS) is 1. The minimum Gasteiger partial charge on any atom is -0.481 e. The number of urea groups is 1. The van der Waals surface area contributed by atoms with E-state index in [0.717, 1.165) is 6.54 Å². The summed E-state index contributed by atoms with van der Waals surface area (Å²) in [6.07, 6.45) is -0.0276. The maximum atomic E-state index is 12.8. The first-order chi connectivity index (χ1) is 9.45. The number of nitrogens with zero attached hydrogens (tertiary/aromatic N) is 3. The Morgan fingerprint density at radius 1 is 1.24 bits per heavy atom. The van der Waals surface area contributed by atoms with Crippen LogP contribution in [0.25, 0.3) is 0 Å². The van der Waals surface area contributed by atoms with Crippen LogP contribution >= 0.6 is 0 Å². The highest BCUT2D eigenvalue weighted by molar-refractivity contribution is 5.76. The van der Waals surface area contributed by atoms with E-state index in [0.29, 0.717) is 13.1 Å². The largest absolute Gasteiger partial charge is 0.481 e. The molecule has 1 rings (SSSR count). The molecular weight excluding hydrogens is 270 g/mol. The van der Waals surface area contributed by atoms with Gasteiger partial charge >= 0.3 is 12.0 Å². The minimum atomic E-state index is -0.879. The Morgan fingerprint density at radius 3 is 2.24 bits per heavy atom. The molecule has 0 saturated carbocycles. The van der Waals surface area contributed by atoms with Gasteiger partial charge in [0.25, 0.3) is 0 Å². The maximum absolute atomic E-state index is 12.8. The van der Waals surface area contributed by atoms with Crippen molar-refractivity contribution in [2.75, 3.05) is 33.2 Å². The number of hydrogen-bond donors (Lipinski definition) is 1. The van der Waals surface area contributed by atoms with Gasteiger partial charge in [-0.1, -0.05) is 0 Å². The fourth-order valence-corrected chi connectivity index (χ4v) is 2.50. The van der Waals surface area contributed by atoms with Crippen molar-refractivity contribution in [3.8, 4) is 0 Å². The van der Waals surface area contributed by atoms with Crippen LogP contribution in [-0.2, 0) is 4.79 Å². The molecule has 1 N–H and O–H groups in total. The van der Waals surface area contributed by atoms with Crippen molar-refractivity contribution in [1.29, 1.82) is 0 Å². The van der Waals surface area contributed by atoms with Crippen LogP contribution in [0.3, 0.4) is 0 Å². The van der Waals surface area contributed by atoms with Crippen LogP contribution in [0.15, 0.2) is 0 Å². The van der Waals surface area contributed by atoms with Gasteiger partial charge in [0, 0.05) is 37.3 Å². The lowest BCUT2D eigenvalue weighted by atomic mass is 9.99. The van der Waals surface area contributed by atoms with Crippen molar-refractivity contribution in [2.24, 2.45) is 0 Å². The van der Waals surface area contributed by atoms with Gasteiger partial charge in [0.2, 0.25) is 0 Å². The van der Waals surface area contributed by atoms with Crippen molar-refractivity contribution in [3.63, 3.8) is 0 Å². The first-order valence-corrected chi connectivity index (χ1v) is 7.45.